The van der Waals surface area contributed by atoms with Gasteiger partial charge in [0.15, 0.2) is 0 Å². The topological polar surface area (TPSA) is 105 Å². The number of piperidine rings is 1. The third-order valence-electron chi connectivity index (χ3n) is 8.14. The van der Waals surface area contributed by atoms with E-state index in [0.717, 1.165) is 62.9 Å². The van der Waals surface area contributed by atoms with Gasteiger partial charge in [0.1, 0.15) is 0 Å². The molecule has 0 bridgehead atoms. The van der Waals surface area contributed by atoms with Gasteiger partial charge < -0.3 is 20.3 Å². The predicted octanol–water partition coefficient (Wildman–Crippen LogP) is 1.32. The number of anilines is 1. The van der Waals surface area contributed by atoms with Crippen LogP contribution in [0.5, 0.6) is 0 Å². The van der Waals surface area contributed by atoms with E-state index in [1.165, 1.54) is 19.3 Å². The average molecular weight is 430 g/mol. The lowest BCUT2D eigenvalue weighted by Crippen LogP contribution is -2.52. The van der Waals surface area contributed by atoms with Crippen LogP contribution in [0.25, 0.3) is 0 Å². The molecular formula is C23H35N5O3. The van der Waals surface area contributed by atoms with E-state index >= 15 is 0 Å². The fourth-order valence-electron chi connectivity index (χ4n) is 6.11. The summed E-state index contributed by atoms with van der Waals surface area (Å²) in [6, 6.07) is -0.362. The third kappa shape index (κ3) is 3.89. The van der Waals surface area contributed by atoms with Crippen molar-refractivity contribution in [3.8, 4) is 0 Å². The zero-order valence-corrected chi connectivity index (χ0v) is 18.4. The number of aromatic amines is 1. The minimum Gasteiger partial charge on any atom is -0.378 e. The number of hydrogen-bond donors (Lipinski definition) is 2. The summed E-state index contributed by atoms with van der Waals surface area (Å²) >= 11 is 0. The van der Waals surface area contributed by atoms with E-state index in [2.05, 4.69) is 9.88 Å². The van der Waals surface area contributed by atoms with Gasteiger partial charge in [0.05, 0.1) is 24.9 Å². The summed E-state index contributed by atoms with van der Waals surface area (Å²) in [6.45, 7) is 4.22. The van der Waals surface area contributed by atoms with Gasteiger partial charge in [-0.15, -0.1) is 0 Å². The van der Waals surface area contributed by atoms with Crippen LogP contribution in [0.2, 0.25) is 0 Å². The van der Waals surface area contributed by atoms with Crippen LogP contribution in [0, 0.1) is 5.92 Å². The number of morpholine rings is 1. The molecule has 8 nitrogen and oxygen atoms in total. The standard InChI is InChI=1S/C23H35N5O3/c24-18(16-4-2-1-3-5-16)21(30)27-10-8-23(9-11-27)7-6-17-19(23)25-22(26-20(17)29)28-12-14-31-15-13-28/h16,18H,1-15,24H2,(H,25,26,29)/t18-/m0/s1. The lowest BCUT2D eigenvalue weighted by molar-refractivity contribution is -0.135. The maximum absolute atomic E-state index is 13.1. The molecule has 0 radical (unpaired) electrons. The number of likely N-dealkylation sites (tertiary alicyclic amines) is 1. The van der Waals surface area contributed by atoms with Crippen molar-refractivity contribution >= 4 is 11.9 Å². The van der Waals surface area contributed by atoms with Gasteiger partial charge in [0.2, 0.25) is 11.9 Å². The Bertz CT molecular complexity index is 864. The maximum Gasteiger partial charge on any atom is 0.255 e. The fraction of sp³-hybridized carbons (Fsp3) is 0.783. The highest BCUT2D eigenvalue weighted by Gasteiger charge is 2.45. The molecule has 1 saturated carbocycles. The van der Waals surface area contributed by atoms with Crippen molar-refractivity contribution < 1.29 is 9.53 Å². The number of hydrogen-bond acceptors (Lipinski definition) is 6. The zero-order chi connectivity index (χ0) is 21.4. The van der Waals surface area contributed by atoms with Crippen molar-refractivity contribution in [2.45, 2.75) is 69.2 Å². The Balaban J connectivity index is 1.30. The minimum absolute atomic E-state index is 0.00111. The zero-order valence-electron chi connectivity index (χ0n) is 18.4. The Morgan fingerprint density at radius 3 is 2.52 bits per heavy atom. The number of nitrogens with zero attached hydrogens (tertiary/aromatic N) is 3. The molecule has 3 N–H and O–H groups in total. The first-order valence-corrected chi connectivity index (χ1v) is 12.1. The van der Waals surface area contributed by atoms with Crippen molar-refractivity contribution in [1.29, 1.82) is 0 Å². The molecule has 0 aromatic carbocycles. The number of rotatable bonds is 3. The third-order valence-corrected chi connectivity index (χ3v) is 8.14. The van der Waals surface area contributed by atoms with E-state index in [4.69, 9.17) is 15.5 Å². The molecule has 2 saturated heterocycles. The normalized spacial score (nSPS) is 24.9. The van der Waals surface area contributed by atoms with Crippen LogP contribution in [0.3, 0.4) is 0 Å². The molecule has 1 aromatic heterocycles. The smallest absolute Gasteiger partial charge is 0.255 e. The monoisotopic (exact) mass is 429 g/mol. The number of amides is 1. The lowest BCUT2D eigenvalue weighted by Gasteiger charge is -2.41. The van der Waals surface area contributed by atoms with Crippen LogP contribution in [0.1, 0.15) is 62.6 Å². The number of fused-ring (bicyclic) bond motifs is 2. The van der Waals surface area contributed by atoms with Gasteiger partial charge in [-0.05, 0) is 44.4 Å². The van der Waals surface area contributed by atoms with Gasteiger partial charge >= 0.3 is 0 Å². The summed E-state index contributed by atoms with van der Waals surface area (Å²) in [5.74, 6) is 1.12. The first-order valence-electron chi connectivity index (χ1n) is 12.1. The molecule has 1 atom stereocenters. The van der Waals surface area contributed by atoms with Crippen LogP contribution < -0.4 is 16.2 Å². The Morgan fingerprint density at radius 2 is 1.81 bits per heavy atom. The molecule has 3 fully saturated rings. The van der Waals surface area contributed by atoms with Crippen molar-refractivity contribution in [3.05, 3.63) is 21.6 Å². The molecule has 170 valence electrons. The SMILES string of the molecule is N[C@H](C(=O)N1CCC2(CCc3c2nc(N2CCOCC2)[nH]c3=O)CC1)C1CCCCC1. The molecular weight excluding hydrogens is 394 g/mol. The van der Waals surface area contributed by atoms with E-state index in [1.54, 1.807) is 0 Å². The minimum atomic E-state index is -0.362. The van der Waals surface area contributed by atoms with E-state index < -0.39 is 0 Å². The molecule has 4 aliphatic rings. The van der Waals surface area contributed by atoms with Crippen LogP contribution in [-0.4, -0.2) is 66.2 Å². The Kier molecular flexibility index (Phi) is 5.77. The Labute approximate surface area is 183 Å². The highest BCUT2D eigenvalue weighted by atomic mass is 16.5. The highest BCUT2D eigenvalue weighted by molar-refractivity contribution is 5.82. The number of carbonyl (C=O) groups is 1. The second-order valence-corrected chi connectivity index (χ2v) is 9.85. The highest BCUT2D eigenvalue weighted by Crippen LogP contribution is 2.44. The van der Waals surface area contributed by atoms with E-state index in [1.807, 2.05) is 4.90 Å². The van der Waals surface area contributed by atoms with Crippen LogP contribution in [0.15, 0.2) is 4.79 Å². The van der Waals surface area contributed by atoms with Gasteiger partial charge in [-0.2, -0.15) is 0 Å². The van der Waals surface area contributed by atoms with E-state index in [0.29, 0.717) is 38.2 Å². The maximum atomic E-state index is 13.1. The van der Waals surface area contributed by atoms with Gasteiger partial charge in [0.25, 0.3) is 5.56 Å². The van der Waals surface area contributed by atoms with E-state index in [9.17, 15) is 9.59 Å². The molecule has 2 aliphatic carbocycles. The lowest BCUT2D eigenvalue weighted by atomic mass is 9.75. The molecule has 0 unspecified atom stereocenters. The van der Waals surface area contributed by atoms with Gasteiger partial charge in [-0.25, -0.2) is 4.98 Å². The van der Waals surface area contributed by atoms with Crippen molar-refractivity contribution in [3.63, 3.8) is 0 Å². The van der Waals surface area contributed by atoms with Crippen molar-refractivity contribution in [1.82, 2.24) is 14.9 Å². The van der Waals surface area contributed by atoms with Crippen LogP contribution >= 0.6 is 0 Å². The summed E-state index contributed by atoms with van der Waals surface area (Å²) in [4.78, 5) is 37.9. The summed E-state index contributed by atoms with van der Waals surface area (Å²) in [6.07, 6.45) is 9.25. The van der Waals surface area contributed by atoms with Crippen molar-refractivity contribution in [2.24, 2.45) is 11.7 Å². The number of nitrogens with two attached hydrogens (primary N) is 1. The van der Waals surface area contributed by atoms with Gasteiger partial charge in [-0.1, -0.05) is 19.3 Å². The first-order chi connectivity index (χ1) is 15.1. The summed E-state index contributed by atoms with van der Waals surface area (Å²) in [5, 5.41) is 0. The van der Waals surface area contributed by atoms with Crippen LogP contribution in [0.4, 0.5) is 5.95 Å². The average Bonchev–Trinajstić information content (AvgIpc) is 3.18. The molecule has 5 rings (SSSR count). The predicted molar refractivity (Wildman–Crippen MR) is 118 cm³/mol. The molecule has 3 heterocycles. The first kappa shape index (κ1) is 20.9. The molecule has 31 heavy (non-hydrogen) atoms. The number of aromatic nitrogens is 2. The summed E-state index contributed by atoms with van der Waals surface area (Å²) in [5.41, 5.74) is 8.13. The summed E-state index contributed by atoms with van der Waals surface area (Å²) in [7, 11) is 0. The summed E-state index contributed by atoms with van der Waals surface area (Å²) < 4.78 is 5.44. The molecule has 1 amide bonds. The number of ether oxygens (including phenoxy) is 1. The second kappa shape index (κ2) is 8.54. The second-order valence-electron chi connectivity index (χ2n) is 9.85. The molecule has 1 spiro atoms. The number of H-pyrrole nitrogens is 1. The molecule has 1 aromatic rings. The van der Waals surface area contributed by atoms with Crippen LogP contribution in [-0.2, 0) is 21.4 Å². The Hall–Kier alpha value is -1.93. The van der Waals surface area contributed by atoms with Gasteiger partial charge in [0, 0.05) is 37.2 Å². The fourth-order valence-corrected chi connectivity index (χ4v) is 6.11. The molecule has 8 heteroatoms. The number of nitrogens with one attached hydrogen (secondary N) is 1. The number of carbonyl (C=O) groups excluding carboxylic acids is 1. The van der Waals surface area contributed by atoms with Gasteiger partial charge in [-0.3, -0.25) is 14.6 Å². The quantitative estimate of drug-likeness (QED) is 0.751. The Morgan fingerprint density at radius 1 is 1.10 bits per heavy atom. The molecule has 2 aliphatic heterocycles. The van der Waals surface area contributed by atoms with E-state index in [-0.39, 0.29) is 22.9 Å². The van der Waals surface area contributed by atoms with Crippen molar-refractivity contribution in [2.75, 3.05) is 44.3 Å². The largest absolute Gasteiger partial charge is 0.378 e.